The molecule has 1 aromatic rings. The molecule has 0 spiro atoms. The van der Waals surface area contributed by atoms with Gasteiger partial charge < -0.3 is 4.74 Å². The molecular formula is C16H22O. The van der Waals surface area contributed by atoms with E-state index >= 15 is 0 Å². The molecule has 0 bridgehead atoms. The maximum atomic E-state index is 5.85. The molecule has 0 unspecified atom stereocenters. The number of hydrogen-bond donors (Lipinski definition) is 0. The molecule has 1 heteroatoms. The Kier molecular flexibility index (Phi) is 3.28. The highest BCUT2D eigenvalue weighted by Crippen LogP contribution is 2.30. The van der Waals surface area contributed by atoms with Crippen LogP contribution < -0.4 is 4.74 Å². The van der Waals surface area contributed by atoms with Gasteiger partial charge in [0.1, 0.15) is 11.5 Å². The van der Waals surface area contributed by atoms with Gasteiger partial charge in [-0.3, -0.25) is 0 Å². The quantitative estimate of drug-likeness (QED) is 0.679. The second-order valence-electron chi connectivity index (χ2n) is 5.91. The maximum Gasteiger partial charge on any atom is 0.127 e. The Morgan fingerprint density at radius 3 is 2.41 bits per heavy atom. The van der Waals surface area contributed by atoms with Crippen LogP contribution in [-0.4, -0.2) is 0 Å². The molecule has 1 aliphatic rings. The minimum Gasteiger partial charge on any atom is -0.462 e. The summed E-state index contributed by atoms with van der Waals surface area (Å²) in [6.07, 6.45) is 5.03. The molecule has 2 rings (SSSR count). The zero-order valence-corrected chi connectivity index (χ0v) is 11.2. The summed E-state index contributed by atoms with van der Waals surface area (Å²) in [7, 11) is 0. The van der Waals surface area contributed by atoms with Gasteiger partial charge in [-0.1, -0.05) is 33.4 Å². The molecule has 17 heavy (non-hydrogen) atoms. The summed E-state index contributed by atoms with van der Waals surface area (Å²) in [5, 5.41) is 0. The molecule has 0 saturated heterocycles. The van der Waals surface area contributed by atoms with Gasteiger partial charge >= 0.3 is 0 Å². The van der Waals surface area contributed by atoms with Crippen molar-refractivity contribution in [1.82, 2.24) is 0 Å². The van der Waals surface area contributed by atoms with Crippen molar-refractivity contribution in [3.8, 4) is 5.75 Å². The zero-order chi connectivity index (χ0) is 12.5. The minimum absolute atomic E-state index is 0.00406. The van der Waals surface area contributed by atoms with E-state index in [2.05, 4.69) is 45.5 Å². The molecule has 1 aliphatic carbocycles. The third kappa shape index (κ3) is 2.91. The van der Waals surface area contributed by atoms with Gasteiger partial charge in [-0.2, -0.15) is 0 Å². The maximum absolute atomic E-state index is 5.85. The van der Waals surface area contributed by atoms with Crippen molar-refractivity contribution in [2.24, 2.45) is 5.41 Å². The average molecular weight is 230 g/mol. The summed E-state index contributed by atoms with van der Waals surface area (Å²) in [6.45, 7) is 10.4. The Morgan fingerprint density at radius 2 is 1.76 bits per heavy atom. The third-order valence-electron chi connectivity index (χ3n) is 3.40. The zero-order valence-electron chi connectivity index (χ0n) is 11.2. The van der Waals surface area contributed by atoms with E-state index in [1.165, 1.54) is 36.8 Å². The smallest absolute Gasteiger partial charge is 0.127 e. The van der Waals surface area contributed by atoms with Gasteiger partial charge in [0.05, 0.1) is 0 Å². The molecule has 0 heterocycles. The molecule has 0 atom stereocenters. The Balaban J connectivity index is 2.15. The van der Waals surface area contributed by atoms with Crippen LogP contribution in [0.2, 0.25) is 0 Å². The first-order valence-electron chi connectivity index (χ1n) is 6.46. The number of allylic oxidation sites excluding steroid dienone is 1. The topological polar surface area (TPSA) is 9.23 Å². The molecule has 0 saturated carbocycles. The molecule has 92 valence electrons. The van der Waals surface area contributed by atoms with Crippen LogP contribution >= 0.6 is 0 Å². The van der Waals surface area contributed by atoms with E-state index < -0.39 is 0 Å². The number of rotatable bonds is 2. The third-order valence-corrected chi connectivity index (χ3v) is 3.40. The number of hydrogen-bond acceptors (Lipinski definition) is 1. The van der Waals surface area contributed by atoms with Crippen molar-refractivity contribution in [3.63, 3.8) is 0 Å². The highest BCUT2D eigenvalue weighted by molar-refractivity contribution is 5.37. The summed E-state index contributed by atoms with van der Waals surface area (Å²) in [5.74, 6) is 1.76. The first kappa shape index (κ1) is 12.2. The van der Waals surface area contributed by atoms with Crippen LogP contribution in [0.4, 0.5) is 0 Å². The van der Waals surface area contributed by atoms with Crippen LogP contribution in [0, 0.1) is 5.41 Å². The van der Waals surface area contributed by atoms with Crippen LogP contribution in [-0.2, 0) is 12.8 Å². The Bertz CT molecular complexity index is 424. The van der Waals surface area contributed by atoms with Crippen LogP contribution in [0.5, 0.6) is 5.75 Å². The summed E-state index contributed by atoms with van der Waals surface area (Å²) in [4.78, 5) is 0. The Labute approximate surface area is 104 Å². The molecule has 0 radical (unpaired) electrons. The normalized spacial score (nSPS) is 15.2. The van der Waals surface area contributed by atoms with Crippen molar-refractivity contribution in [1.29, 1.82) is 0 Å². The Hall–Kier alpha value is -1.24. The SMILES string of the molecule is C=C(Oc1ccc2c(c1)CCCC2)C(C)(C)C. The lowest BCUT2D eigenvalue weighted by Gasteiger charge is -2.23. The van der Waals surface area contributed by atoms with Gasteiger partial charge in [-0.15, -0.1) is 0 Å². The van der Waals surface area contributed by atoms with E-state index in [-0.39, 0.29) is 5.41 Å². The first-order valence-corrected chi connectivity index (χ1v) is 6.46. The van der Waals surface area contributed by atoms with Crippen LogP contribution in [0.15, 0.2) is 30.5 Å². The fourth-order valence-electron chi connectivity index (χ4n) is 2.07. The van der Waals surface area contributed by atoms with Crippen LogP contribution in [0.3, 0.4) is 0 Å². The van der Waals surface area contributed by atoms with Gasteiger partial charge in [-0.05, 0) is 48.9 Å². The lowest BCUT2D eigenvalue weighted by Crippen LogP contribution is -2.13. The standard InChI is InChI=1S/C16H22O/c1-12(16(2,3)4)17-15-10-9-13-7-5-6-8-14(13)11-15/h9-11H,1,5-8H2,2-4H3. The second-order valence-corrected chi connectivity index (χ2v) is 5.91. The van der Waals surface area contributed by atoms with Crippen molar-refractivity contribution < 1.29 is 4.74 Å². The van der Waals surface area contributed by atoms with E-state index in [1.54, 1.807) is 0 Å². The van der Waals surface area contributed by atoms with E-state index in [0.717, 1.165) is 11.5 Å². The molecule has 0 aliphatic heterocycles. The first-order chi connectivity index (χ1) is 7.97. The predicted octanol–water partition coefficient (Wildman–Crippen LogP) is 4.50. The van der Waals surface area contributed by atoms with Crippen molar-refractivity contribution in [2.75, 3.05) is 0 Å². The summed E-state index contributed by atoms with van der Waals surface area (Å²) in [6, 6.07) is 6.46. The Morgan fingerprint density at radius 1 is 1.12 bits per heavy atom. The molecule has 0 aromatic heterocycles. The number of aryl methyl sites for hydroxylation is 2. The van der Waals surface area contributed by atoms with Crippen LogP contribution in [0.1, 0.15) is 44.7 Å². The lowest BCUT2D eigenvalue weighted by atomic mass is 9.91. The largest absolute Gasteiger partial charge is 0.462 e. The van der Waals surface area contributed by atoms with Crippen molar-refractivity contribution >= 4 is 0 Å². The highest BCUT2D eigenvalue weighted by Gasteiger charge is 2.18. The van der Waals surface area contributed by atoms with E-state index in [4.69, 9.17) is 4.74 Å². The molecule has 0 N–H and O–H groups in total. The molecule has 1 nitrogen and oxygen atoms in total. The van der Waals surface area contributed by atoms with Gasteiger partial charge in [0.2, 0.25) is 0 Å². The van der Waals surface area contributed by atoms with E-state index in [1.807, 2.05) is 0 Å². The number of benzene rings is 1. The molecule has 0 fully saturated rings. The number of fused-ring (bicyclic) bond motifs is 1. The number of ether oxygens (including phenoxy) is 1. The fourth-order valence-corrected chi connectivity index (χ4v) is 2.07. The van der Waals surface area contributed by atoms with E-state index in [9.17, 15) is 0 Å². The summed E-state index contributed by atoms with van der Waals surface area (Å²) >= 11 is 0. The molecular weight excluding hydrogens is 208 g/mol. The molecule has 0 amide bonds. The summed E-state index contributed by atoms with van der Waals surface area (Å²) < 4.78 is 5.85. The average Bonchev–Trinajstić information content (AvgIpc) is 2.27. The van der Waals surface area contributed by atoms with Crippen molar-refractivity contribution in [2.45, 2.75) is 46.5 Å². The monoisotopic (exact) mass is 230 g/mol. The summed E-state index contributed by atoms with van der Waals surface area (Å²) in [5.41, 5.74) is 2.94. The highest BCUT2D eigenvalue weighted by atomic mass is 16.5. The molecule has 1 aromatic carbocycles. The minimum atomic E-state index is -0.00406. The van der Waals surface area contributed by atoms with Gasteiger partial charge in [0, 0.05) is 5.41 Å². The van der Waals surface area contributed by atoms with Gasteiger partial charge in [0.25, 0.3) is 0 Å². The van der Waals surface area contributed by atoms with Crippen LogP contribution in [0.25, 0.3) is 0 Å². The van der Waals surface area contributed by atoms with Gasteiger partial charge in [0.15, 0.2) is 0 Å². The van der Waals surface area contributed by atoms with Gasteiger partial charge in [-0.25, -0.2) is 0 Å². The lowest BCUT2D eigenvalue weighted by molar-refractivity contribution is 0.296. The van der Waals surface area contributed by atoms with Crippen molar-refractivity contribution in [3.05, 3.63) is 41.7 Å². The predicted molar refractivity (Wildman–Crippen MR) is 72.3 cm³/mol. The second kappa shape index (κ2) is 4.56. The fraction of sp³-hybridized carbons (Fsp3) is 0.500. The van der Waals surface area contributed by atoms with E-state index in [0.29, 0.717) is 0 Å².